The number of nitrogens with one attached hydrogen (secondary N) is 2. The Balaban J connectivity index is 2.08. The number of hydrogen-bond acceptors (Lipinski definition) is 3. The summed E-state index contributed by atoms with van der Waals surface area (Å²) < 4.78 is 5.14. The lowest BCUT2D eigenvalue weighted by Gasteiger charge is -2.04. The fourth-order valence-corrected chi connectivity index (χ4v) is 1.46. The molecule has 0 radical (unpaired) electrons. The Morgan fingerprint density at radius 3 is 2.88 bits per heavy atom. The van der Waals surface area contributed by atoms with Gasteiger partial charge >= 0.3 is 0 Å². The highest BCUT2D eigenvalue weighted by Crippen LogP contribution is 2.16. The second kappa shape index (κ2) is 5.21. The Morgan fingerprint density at radius 2 is 2.18 bits per heavy atom. The number of aromatic nitrogens is 1. The molecule has 0 aliphatic carbocycles. The molecule has 0 aliphatic heterocycles. The van der Waals surface area contributed by atoms with Gasteiger partial charge in [-0.05, 0) is 31.2 Å². The van der Waals surface area contributed by atoms with E-state index in [0.717, 1.165) is 22.8 Å². The van der Waals surface area contributed by atoms with Crippen molar-refractivity contribution in [1.82, 2.24) is 4.98 Å². The minimum absolute atomic E-state index is 0.808. The molecular formula is C13H15N3O. The molecule has 1 heterocycles. The molecule has 0 fully saturated rings. The Hall–Kier alpha value is -2.23. The van der Waals surface area contributed by atoms with Gasteiger partial charge in [-0.25, -0.2) is 0 Å². The van der Waals surface area contributed by atoms with Crippen LogP contribution in [0.3, 0.4) is 0 Å². The summed E-state index contributed by atoms with van der Waals surface area (Å²) in [4.78, 5) is 3.10. The summed E-state index contributed by atoms with van der Waals surface area (Å²) in [6, 6.07) is 11.6. The zero-order valence-electron chi connectivity index (χ0n) is 9.90. The summed E-state index contributed by atoms with van der Waals surface area (Å²) in [6.07, 6.45) is 1.87. The normalized spacial score (nSPS) is 11.3. The first-order chi connectivity index (χ1) is 8.29. The smallest absolute Gasteiger partial charge is 0.120 e. The summed E-state index contributed by atoms with van der Waals surface area (Å²) >= 11 is 0. The molecule has 0 atom stereocenters. The number of hydrazone groups is 1. The predicted octanol–water partition coefficient (Wildman–Crippen LogP) is 2.86. The van der Waals surface area contributed by atoms with Crippen LogP contribution in [0.4, 0.5) is 5.69 Å². The number of methoxy groups -OCH3 is 1. The van der Waals surface area contributed by atoms with Crippen molar-refractivity contribution >= 4 is 11.4 Å². The first kappa shape index (κ1) is 11.3. The van der Waals surface area contributed by atoms with Crippen LogP contribution in [0.5, 0.6) is 5.75 Å². The molecular weight excluding hydrogens is 214 g/mol. The highest BCUT2D eigenvalue weighted by Gasteiger charge is 1.97. The van der Waals surface area contributed by atoms with Crippen molar-refractivity contribution < 1.29 is 4.74 Å². The summed E-state index contributed by atoms with van der Waals surface area (Å²) in [7, 11) is 1.65. The van der Waals surface area contributed by atoms with Crippen LogP contribution in [0.25, 0.3) is 0 Å². The van der Waals surface area contributed by atoms with Gasteiger partial charge in [-0.3, -0.25) is 5.43 Å². The number of aromatic amines is 1. The maximum atomic E-state index is 5.14. The third kappa shape index (κ3) is 2.87. The zero-order chi connectivity index (χ0) is 12.1. The van der Waals surface area contributed by atoms with E-state index >= 15 is 0 Å². The average Bonchev–Trinajstić information content (AvgIpc) is 2.90. The average molecular weight is 229 g/mol. The van der Waals surface area contributed by atoms with Crippen molar-refractivity contribution in [3.05, 3.63) is 48.3 Å². The topological polar surface area (TPSA) is 49.4 Å². The van der Waals surface area contributed by atoms with Gasteiger partial charge in [0.15, 0.2) is 0 Å². The van der Waals surface area contributed by atoms with Gasteiger partial charge in [-0.15, -0.1) is 0 Å². The van der Waals surface area contributed by atoms with E-state index in [4.69, 9.17) is 4.74 Å². The van der Waals surface area contributed by atoms with Crippen LogP contribution in [0, 0.1) is 0 Å². The molecule has 0 amide bonds. The van der Waals surface area contributed by atoms with E-state index in [2.05, 4.69) is 15.5 Å². The van der Waals surface area contributed by atoms with Crippen molar-refractivity contribution in [3.63, 3.8) is 0 Å². The third-order valence-corrected chi connectivity index (χ3v) is 2.41. The van der Waals surface area contributed by atoms with E-state index in [-0.39, 0.29) is 0 Å². The Morgan fingerprint density at radius 1 is 1.29 bits per heavy atom. The van der Waals surface area contributed by atoms with Gasteiger partial charge in [-0.2, -0.15) is 5.10 Å². The van der Waals surface area contributed by atoms with E-state index in [9.17, 15) is 0 Å². The van der Waals surface area contributed by atoms with Crippen LogP contribution in [0.15, 0.2) is 47.7 Å². The Bertz CT molecular complexity index is 503. The van der Waals surface area contributed by atoms with E-state index in [1.165, 1.54) is 0 Å². The van der Waals surface area contributed by atoms with Crippen LogP contribution in [0.2, 0.25) is 0 Å². The number of benzene rings is 1. The summed E-state index contributed by atoms with van der Waals surface area (Å²) in [5, 5.41) is 4.29. The fraction of sp³-hybridized carbons (Fsp3) is 0.154. The molecule has 1 aromatic carbocycles. The van der Waals surface area contributed by atoms with Crippen molar-refractivity contribution in [2.24, 2.45) is 5.10 Å². The highest BCUT2D eigenvalue weighted by molar-refractivity contribution is 5.97. The quantitative estimate of drug-likeness (QED) is 0.625. The Kier molecular flexibility index (Phi) is 3.45. The zero-order valence-corrected chi connectivity index (χ0v) is 9.90. The second-order valence-electron chi connectivity index (χ2n) is 3.62. The number of rotatable bonds is 4. The van der Waals surface area contributed by atoms with Gasteiger partial charge in [0.1, 0.15) is 5.75 Å². The van der Waals surface area contributed by atoms with Crippen LogP contribution >= 0.6 is 0 Å². The molecule has 88 valence electrons. The molecule has 0 aliphatic rings. The molecule has 2 N–H and O–H groups in total. The van der Waals surface area contributed by atoms with Gasteiger partial charge in [0, 0.05) is 12.3 Å². The molecule has 2 aromatic rings. The summed E-state index contributed by atoms with van der Waals surface area (Å²) in [5.41, 5.74) is 5.79. The molecule has 17 heavy (non-hydrogen) atoms. The lowest BCUT2D eigenvalue weighted by Crippen LogP contribution is -1.99. The summed E-state index contributed by atoms with van der Waals surface area (Å²) in [5.74, 6) is 0.808. The molecule has 0 saturated heterocycles. The number of nitrogens with zero attached hydrogens (tertiary/aromatic N) is 1. The van der Waals surface area contributed by atoms with Gasteiger partial charge in [-0.1, -0.05) is 6.07 Å². The van der Waals surface area contributed by atoms with E-state index < -0.39 is 0 Å². The molecule has 0 unspecified atom stereocenters. The van der Waals surface area contributed by atoms with Crippen molar-refractivity contribution in [2.45, 2.75) is 6.92 Å². The maximum Gasteiger partial charge on any atom is 0.120 e. The van der Waals surface area contributed by atoms with Gasteiger partial charge in [0.05, 0.1) is 24.2 Å². The minimum Gasteiger partial charge on any atom is -0.497 e. The number of anilines is 1. The summed E-state index contributed by atoms with van der Waals surface area (Å²) in [6.45, 7) is 1.94. The van der Waals surface area contributed by atoms with Gasteiger partial charge in [0.25, 0.3) is 0 Å². The lowest BCUT2D eigenvalue weighted by atomic mass is 10.3. The highest BCUT2D eigenvalue weighted by atomic mass is 16.5. The predicted molar refractivity (Wildman–Crippen MR) is 69.6 cm³/mol. The first-order valence-corrected chi connectivity index (χ1v) is 5.37. The third-order valence-electron chi connectivity index (χ3n) is 2.41. The lowest BCUT2D eigenvalue weighted by molar-refractivity contribution is 0.415. The number of hydrogen-bond donors (Lipinski definition) is 2. The van der Waals surface area contributed by atoms with Crippen LogP contribution in [-0.4, -0.2) is 17.8 Å². The molecule has 4 heteroatoms. The number of H-pyrrole nitrogens is 1. The maximum absolute atomic E-state index is 5.14. The van der Waals surface area contributed by atoms with Crippen molar-refractivity contribution in [1.29, 1.82) is 0 Å². The number of ether oxygens (including phenoxy) is 1. The minimum atomic E-state index is 0.808. The van der Waals surface area contributed by atoms with Crippen LogP contribution in [-0.2, 0) is 0 Å². The van der Waals surface area contributed by atoms with Crippen LogP contribution in [0.1, 0.15) is 12.6 Å². The van der Waals surface area contributed by atoms with E-state index in [1.807, 2.05) is 49.5 Å². The molecule has 2 rings (SSSR count). The van der Waals surface area contributed by atoms with Crippen molar-refractivity contribution in [3.8, 4) is 5.75 Å². The van der Waals surface area contributed by atoms with E-state index in [0.29, 0.717) is 0 Å². The van der Waals surface area contributed by atoms with Gasteiger partial charge < -0.3 is 9.72 Å². The first-order valence-electron chi connectivity index (χ1n) is 5.37. The molecule has 4 nitrogen and oxygen atoms in total. The van der Waals surface area contributed by atoms with E-state index in [1.54, 1.807) is 7.11 Å². The Labute approximate surface area is 100 Å². The second-order valence-corrected chi connectivity index (χ2v) is 3.62. The van der Waals surface area contributed by atoms with Crippen LogP contribution < -0.4 is 10.2 Å². The molecule has 0 bridgehead atoms. The molecule has 1 aromatic heterocycles. The monoisotopic (exact) mass is 229 g/mol. The van der Waals surface area contributed by atoms with Gasteiger partial charge in [0.2, 0.25) is 0 Å². The van der Waals surface area contributed by atoms with Crippen molar-refractivity contribution in [2.75, 3.05) is 12.5 Å². The SMILES string of the molecule is COc1cccc(N/N=C(\C)c2ccc[nH]2)c1. The molecule has 0 spiro atoms. The standard InChI is InChI=1S/C13H15N3O/c1-10(13-7-4-8-14-13)15-16-11-5-3-6-12(9-11)17-2/h3-9,14,16H,1-2H3/b15-10+. The fourth-order valence-electron chi connectivity index (χ4n) is 1.46. The molecule has 0 saturated carbocycles. The largest absolute Gasteiger partial charge is 0.497 e.